The van der Waals surface area contributed by atoms with Crippen molar-refractivity contribution >= 4 is 5.78 Å². The average Bonchev–Trinajstić information content (AvgIpc) is 2.66. The highest BCUT2D eigenvalue weighted by atomic mass is 16.5. The minimum atomic E-state index is -1.63. The largest absolute Gasteiger partial charge is 0.507 e. The molecule has 0 saturated carbocycles. The van der Waals surface area contributed by atoms with E-state index in [0.29, 0.717) is 18.7 Å². The molecule has 2 atom stereocenters. The lowest BCUT2D eigenvalue weighted by molar-refractivity contribution is 0.0201. The summed E-state index contributed by atoms with van der Waals surface area (Å²) in [5.74, 6) is -2.23. The van der Waals surface area contributed by atoms with Gasteiger partial charge in [-0.2, -0.15) is 0 Å². The van der Waals surface area contributed by atoms with Gasteiger partial charge in [0.15, 0.2) is 23.7 Å². The van der Waals surface area contributed by atoms with Gasteiger partial charge in [0.25, 0.3) is 0 Å². The van der Waals surface area contributed by atoms with E-state index in [4.69, 9.17) is 4.74 Å². The van der Waals surface area contributed by atoms with Crippen LogP contribution < -0.4 is 4.74 Å². The number of ketones is 1. The number of ether oxygens (including phenoxy) is 1. The average molecular weight is 389 g/mol. The molecule has 0 radical (unpaired) electrons. The van der Waals surface area contributed by atoms with Crippen LogP contribution in [0.4, 0.5) is 0 Å². The van der Waals surface area contributed by atoms with Gasteiger partial charge in [-0.3, -0.25) is 9.69 Å². The first-order valence-corrected chi connectivity index (χ1v) is 8.99. The number of rotatable bonds is 5. The van der Waals surface area contributed by atoms with Crippen molar-refractivity contribution in [3.8, 4) is 28.7 Å². The van der Waals surface area contributed by atoms with Gasteiger partial charge in [-0.15, -0.1) is 0 Å². The fourth-order valence-electron chi connectivity index (χ4n) is 3.31. The second-order valence-corrected chi connectivity index (χ2v) is 6.65. The van der Waals surface area contributed by atoms with E-state index in [1.165, 1.54) is 18.2 Å². The number of carbonyl (C=O) groups excluding carboxylic acids is 1. The molecule has 2 aromatic carbocycles. The van der Waals surface area contributed by atoms with Crippen LogP contribution in [0.5, 0.6) is 28.7 Å². The first kappa shape index (κ1) is 19.8. The number of Topliss-reactive ketones (excluding diaryl/α,β-unsaturated/α-hetero) is 1. The normalized spacial score (nSPS) is 18.8. The third-order valence-electron chi connectivity index (χ3n) is 4.99. The molecule has 1 heterocycles. The number of aromatic hydroxyl groups is 4. The summed E-state index contributed by atoms with van der Waals surface area (Å²) in [6.07, 6.45) is -2.81. The van der Waals surface area contributed by atoms with Crippen molar-refractivity contribution in [3.63, 3.8) is 0 Å². The molecule has 0 saturated heterocycles. The Kier molecular flexibility index (Phi) is 5.35. The molecule has 0 aromatic heterocycles. The molecule has 0 bridgehead atoms. The Morgan fingerprint density at radius 3 is 2.25 bits per heavy atom. The molecule has 8 heteroatoms. The van der Waals surface area contributed by atoms with Crippen molar-refractivity contribution in [2.75, 3.05) is 13.1 Å². The van der Waals surface area contributed by atoms with Gasteiger partial charge in [0.1, 0.15) is 22.8 Å². The predicted octanol–water partition coefficient (Wildman–Crippen LogP) is 2.03. The van der Waals surface area contributed by atoms with E-state index in [-0.39, 0.29) is 34.9 Å². The summed E-state index contributed by atoms with van der Waals surface area (Å²) in [6.45, 7) is 5.56. The Morgan fingerprint density at radius 1 is 0.964 bits per heavy atom. The van der Waals surface area contributed by atoms with Crippen molar-refractivity contribution < 1.29 is 35.1 Å². The molecule has 8 nitrogen and oxygen atoms in total. The number of aliphatic hydroxyl groups excluding tert-OH is 1. The zero-order valence-electron chi connectivity index (χ0n) is 15.6. The molecule has 5 N–H and O–H groups in total. The third kappa shape index (κ3) is 3.32. The molecule has 0 amide bonds. The number of fused-ring (bicyclic) bond motifs is 1. The SMILES string of the molecule is CCN(CC)Cc1c(O)cc(O)c2c1OC(c1ccc(O)c(O)c1)C(O)C2=O. The van der Waals surface area contributed by atoms with Gasteiger partial charge in [0.2, 0.25) is 5.78 Å². The molecule has 0 fully saturated rings. The molecular formula is C20H23NO7. The number of aliphatic hydroxyl groups is 1. The lowest BCUT2D eigenvalue weighted by Gasteiger charge is -2.32. The first-order chi connectivity index (χ1) is 13.3. The van der Waals surface area contributed by atoms with Crippen LogP contribution in [0.3, 0.4) is 0 Å². The van der Waals surface area contributed by atoms with E-state index < -0.39 is 29.5 Å². The zero-order valence-corrected chi connectivity index (χ0v) is 15.6. The predicted molar refractivity (Wildman–Crippen MR) is 99.9 cm³/mol. The fourth-order valence-corrected chi connectivity index (χ4v) is 3.31. The maximum absolute atomic E-state index is 12.8. The van der Waals surface area contributed by atoms with Crippen molar-refractivity contribution in [3.05, 3.63) is 41.0 Å². The fraction of sp³-hybridized carbons (Fsp3) is 0.350. The van der Waals surface area contributed by atoms with Crippen LogP contribution in [0, 0.1) is 0 Å². The van der Waals surface area contributed by atoms with Crippen molar-refractivity contribution in [1.82, 2.24) is 4.90 Å². The monoisotopic (exact) mass is 389 g/mol. The molecular weight excluding hydrogens is 366 g/mol. The van der Waals surface area contributed by atoms with Gasteiger partial charge >= 0.3 is 0 Å². The third-order valence-corrected chi connectivity index (χ3v) is 4.99. The standard InChI is InChI=1S/C20H23NO7/c1-3-21(4-2)9-11-13(23)8-15(25)16-17(26)18(27)19(28-20(11)16)10-5-6-12(22)14(24)7-10/h5-8,18-19,22-25,27H,3-4,9H2,1-2H3. The Bertz CT molecular complexity index is 908. The maximum atomic E-state index is 12.8. The van der Waals surface area contributed by atoms with E-state index in [9.17, 15) is 30.3 Å². The molecule has 150 valence electrons. The lowest BCUT2D eigenvalue weighted by Crippen LogP contribution is -2.37. The highest BCUT2D eigenvalue weighted by Gasteiger charge is 2.41. The molecule has 2 unspecified atom stereocenters. The van der Waals surface area contributed by atoms with Crippen molar-refractivity contribution in [1.29, 1.82) is 0 Å². The Morgan fingerprint density at radius 2 is 1.64 bits per heavy atom. The van der Waals surface area contributed by atoms with Gasteiger partial charge in [-0.1, -0.05) is 19.9 Å². The number of hydrogen-bond acceptors (Lipinski definition) is 8. The zero-order chi connectivity index (χ0) is 20.6. The summed E-state index contributed by atoms with van der Waals surface area (Å²) >= 11 is 0. The van der Waals surface area contributed by atoms with Gasteiger partial charge in [0, 0.05) is 12.6 Å². The van der Waals surface area contributed by atoms with Gasteiger partial charge in [-0.05, 0) is 30.8 Å². The van der Waals surface area contributed by atoms with Crippen LogP contribution >= 0.6 is 0 Å². The van der Waals surface area contributed by atoms with Crippen molar-refractivity contribution in [2.45, 2.75) is 32.6 Å². The van der Waals surface area contributed by atoms with E-state index in [1.54, 1.807) is 0 Å². The summed E-state index contributed by atoms with van der Waals surface area (Å²) in [5.41, 5.74) is 0.398. The van der Waals surface area contributed by atoms with Crippen molar-refractivity contribution in [2.24, 2.45) is 0 Å². The topological polar surface area (TPSA) is 131 Å². The van der Waals surface area contributed by atoms with E-state index >= 15 is 0 Å². The molecule has 0 spiro atoms. The number of phenols is 4. The minimum absolute atomic E-state index is 0.00253. The number of carbonyl (C=O) groups is 1. The number of hydrogen-bond donors (Lipinski definition) is 5. The van der Waals surface area contributed by atoms with Crippen LogP contribution in [-0.4, -0.2) is 55.4 Å². The highest BCUT2D eigenvalue weighted by molar-refractivity contribution is 6.06. The molecule has 3 rings (SSSR count). The molecule has 1 aliphatic heterocycles. The Labute approximate surface area is 161 Å². The minimum Gasteiger partial charge on any atom is -0.507 e. The summed E-state index contributed by atoms with van der Waals surface area (Å²) < 4.78 is 5.87. The summed E-state index contributed by atoms with van der Waals surface area (Å²) in [5, 5.41) is 50.2. The second kappa shape index (κ2) is 7.57. The molecule has 1 aliphatic rings. The first-order valence-electron chi connectivity index (χ1n) is 8.99. The van der Waals surface area contributed by atoms with E-state index in [1.807, 2.05) is 18.7 Å². The summed E-state index contributed by atoms with van der Waals surface area (Å²) in [7, 11) is 0. The number of phenolic OH excluding ortho intramolecular Hbond substituents is 4. The maximum Gasteiger partial charge on any atom is 0.202 e. The van der Waals surface area contributed by atoms with Crippen LogP contribution in [-0.2, 0) is 6.54 Å². The quantitative estimate of drug-likeness (QED) is 0.491. The Hall–Kier alpha value is -2.97. The molecule has 28 heavy (non-hydrogen) atoms. The van der Waals surface area contributed by atoms with Gasteiger partial charge in [0.05, 0.1) is 5.56 Å². The highest BCUT2D eigenvalue weighted by Crippen LogP contribution is 2.46. The van der Waals surface area contributed by atoms with Gasteiger partial charge < -0.3 is 30.3 Å². The molecule has 0 aliphatic carbocycles. The number of benzene rings is 2. The lowest BCUT2D eigenvalue weighted by atomic mass is 9.90. The smallest absolute Gasteiger partial charge is 0.202 e. The van der Waals surface area contributed by atoms with Crippen LogP contribution in [0.25, 0.3) is 0 Å². The molecule has 2 aromatic rings. The van der Waals surface area contributed by atoms with Crippen LogP contribution in [0.1, 0.15) is 41.4 Å². The summed E-state index contributed by atoms with van der Waals surface area (Å²) in [4.78, 5) is 14.8. The van der Waals surface area contributed by atoms with E-state index in [2.05, 4.69) is 0 Å². The summed E-state index contributed by atoms with van der Waals surface area (Å²) in [6, 6.07) is 4.89. The van der Waals surface area contributed by atoms with Crippen LogP contribution in [0.2, 0.25) is 0 Å². The van der Waals surface area contributed by atoms with E-state index in [0.717, 1.165) is 6.07 Å². The van der Waals surface area contributed by atoms with Crippen LogP contribution in [0.15, 0.2) is 24.3 Å². The second-order valence-electron chi connectivity index (χ2n) is 6.65. The number of nitrogens with zero attached hydrogens (tertiary/aromatic N) is 1. The van der Waals surface area contributed by atoms with Gasteiger partial charge in [-0.25, -0.2) is 0 Å². The Balaban J connectivity index is 2.12.